The minimum Gasteiger partial charge on any atom is -1.00 e. The second-order valence-corrected chi connectivity index (χ2v) is 2.81. The normalized spacial score (nSPS) is 5.50. The Morgan fingerprint density at radius 3 is 1.33 bits per heavy atom. The predicted octanol–water partition coefficient (Wildman–Crippen LogP) is -3.99. The number of hydrogen-bond donors (Lipinski definition) is 0. The third kappa shape index (κ3) is 22.4. The molecule has 0 heterocycles. The molecule has 0 spiro atoms. The van der Waals surface area contributed by atoms with Crippen LogP contribution in [0, 0.1) is 6.07 Å². The fourth-order valence-corrected chi connectivity index (χ4v) is 0.342. The largest absolute Gasteiger partial charge is 3.00 e. The van der Waals surface area contributed by atoms with E-state index in [4.69, 9.17) is 0 Å². The molecule has 0 fully saturated rings. The van der Waals surface area contributed by atoms with Crippen LogP contribution in [0.15, 0.2) is 30.3 Å². The average Bonchev–Trinajstić information content (AvgIpc) is 1.93. The molecular weight excluding hydrogens is 243 g/mol. The van der Waals surface area contributed by atoms with Crippen molar-refractivity contribution < 1.29 is 46.5 Å². The van der Waals surface area contributed by atoms with Crippen molar-refractivity contribution in [3.8, 4) is 0 Å². The Kier molecular flexibility index (Phi) is 43.3. The minimum absolute atomic E-state index is 0. The first-order valence-electron chi connectivity index (χ1n) is 3.07. The fraction of sp³-hybridized carbons (Fsp3) is 0.250. The van der Waals surface area contributed by atoms with Crippen LogP contribution in [0.4, 0.5) is 0 Å². The molecule has 0 aromatic heterocycles. The van der Waals surface area contributed by atoms with Crippen LogP contribution in [0.2, 0.25) is 13.1 Å². The van der Waals surface area contributed by atoms with Gasteiger partial charge in [0.25, 0.3) is 0 Å². The quantitative estimate of drug-likeness (QED) is 0.327. The molecule has 0 atom stereocenters. The molecule has 0 amide bonds. The van der Waals surface area contributed by atoms with E-state index in [1.54, 1.807) is 0 Å². The third-order valence-corrected chi connectivity index (χ3v) is 0.607. The first-order chi connectivity index (χ1) is 4.41. The summed E-state index contributed by atoms with van der Waals surface area (Å²) >= 11 is 0. The maximum absolute atomic E-state index is 2.89. The molecule has 66 valence electrons. The maximum Gasteiger partial charge on any atom is 3.00 e. The van der Waals surface area contributed by atoms with E-state index in [9.17, 15) is 0 Å². The minimum atomic E-state index is 0. The van der Waals surface area contributed by atoms with E-state index < -0.39 is 0 Å². The van der Waals surface area contributed by atoms with Gasteiger partial charge in [0.05, 0.1) is 0 Å². The van der Waals surface area contributed by atoms with E-state index in [1.807, 2.05) is 30.3 Å². The summed E-state index contributed by atoms with van der Waals surface area (Å²) < 4.78 is 0. The van der Waals surface area contributed by atoms with Gasteiger partial charge in [-0.2, -0.15) is 36.4 Å². The molecule has 0 saturated heterocycles. The molecular formula is C8H12Cl2SiTi. The summed E-state index contributed by atoms with van der Waals surface area (Å²) in [5, 5.41) is 0. The van der Waals surface area contributed by atoms with Crippen molar-refractivity contribution in [3.05, 3.63) is 36.4 Å². The van der Waals surface area contributed by atoms with Crippen LogP contribution in [0.1, 0.15) is 0 Å². The van der Waals surface area contributed by atoms with Crippen molar-refractivity contribution in [1.82, 2.24) is 0 Å². The molecule has 0 N–H and O–H groups in total. The van der Waals surface area contributed by atoms with Gasteiger partial charge in [-0.3, -0.25) is 0 Å². The third-order valence-electron chi connectivity index (χ3n) is 0.607. The Labute approximate surface area is 105 Å². The summed E-state index contributed by atoms with van der Waals surface area (Å²) in [5.74, 6) is 0. The molecule has 12 heavy (non-hydrogen) atoms. The summed E-state index contributed by atoms with van der Waals surface area (Å²) in [6.07, 6.45) is 0. The first kappa shape index (κ1) is 23.0. The molecule has 0 aliphatic heterocycles. The Morgan fingerprint density at radius 1 is 0.917 bits per heavy atom. The monoisotopic (exact) mass is 254 g/mol. The standard InChI is InChI=1S/C6H5.C2H7Si.2ClH.Ti/c1-2-4-6-5-3-1;1-3-2;;;/h1-5H;3H,1-2H3;2*1H;/q-1;;;;+3/p-2. The van der Waals surface area contributed by atoms with Gasteiger partial charge in [-0.15, -0.1) is 0 Å². The number of halogens is 2. The van der Waals surface area contributed by atoms with Crippen molar-refractivity contribution in [2.75, 3.05) is 0 Å². The summed E-state index contributed by atoms with van der Waals surface area (Å²) in [7, 11) is 0.750. The van der Waals surface area contributed by atoms with Crippen LogP contribution in [0.5, 0.6) is 0 Å². The van der Waals surface area contributed by atoms with Crippen LogP contribution in [0.3, 0.4) is 0 Å². The molecule has 1 aromatic rings. The van der Waals surface area contributed by atoms with E-state index in [2.05, 4.69) is 19.2 Å². The SMILES string of the molecule is C[SiH]C.[Cl-].[Cl-].[Ti+3].[c-]1ccccc1. The second kappa shape index (κ2) is 22.6. The molecule has 0 aliphatic carbocycles. The van der Waals surface area contributed by atoms with Crippen molar-refractivity contribution in [2.24, 2.45) is 0 Å². The number of benzene rings is 1. The zero-order valence-electron chi connectivity index (χ0n) is 7.22. The van der Waals surface area contributed by atoms with Gasteiger partial charge >= 0.3 is 21.7 Å². The van der Waals surface area contributed by atoms with E-state index in [0.717, 1.165) is 9.52 Å². The Balaban J connectivity index is -0.0000000489. The van der Waals surface area contributed by atoms with Crippen molar-refractivity contribution in [1.29, 1.82) is 0 Å². The van der Waals surface area contributed by atoms with Gasteiger partial charge in [-0.05, 0) is 0 Å². The molecule has 0 aliphatic rings. The average molecular weight is 255 g/mol. The van der Waals surface area contributed by atoms with Gasteiger partial charge in [-0.25, -0.2) is 0 Å². The van der Waals surface area contributed by atoms with Gasteiger partial charge < -0.3 is 24.8 Å². The molecule has 4 heteroatoms. The molecule has 0 bridgehead atoms. The van der Waals surface area contributed by atoms with Crippen molar-refractivity contribution in [3.63, 3.8) is 0 Å². The first-order valence-corrected chi connectivity index (χ1v) is 5.37. The van der Waals surface area contributed by atoms with Gasteiger partial charge in [0.2, 0.25) is 0 Å². The summed E-state index contributed by atoms with van der Waals surface area (Å²) in [6.45, 7) is 4.42. The number of rotatable bonds is 0. The van der Waals surface area contributed by atoms with Gasteiger partial charge in [-0.1, -0.05) is 13.1 Å². The molecule has 1 rings (SSSR count). The molecule has 1 aromatic carbocycles. The van der Waals surface area contributed by atoms with Crippen LogP contribution in [0.25, 0.3) is 0 Å². The summed E-state index contributed by atoms with van der Waals surface area (Å²) in [4.78, 5) is 0. The Bertz CT molecular complexity index is 99.9. The van der Waals surface area contributed by atoms with Gasteiger partial charge in [0, 0.05) is 9.52 Å². The topological polar surface area (TPSA) is 0 Å². The smallest absolute Gasteiger partial charge is 1.00 e. The van der Waals surface area contributed by atoms with Crippen LogP contribution in [-0.2, 0) is 21.7 Å². The second-order valence-electron chi connectivity index (χ2n) is 1.65. The number of hydrogen-bond acceptors (Lipinski definition) is 0. The molecule has 2 radical (unpaired) electrons. The zero-order chi connectivity index (χ0) is 6.95. The zero-order valence-corrected chi connectivity index (χ0v) is 11.4. The van der Waals surface area contributed by atoms with E-state index in [0.29, 0.717) is 0 Å². The molecule has 0 unspecified atom stereocenters. The Hall–Kier alpha value is 0.731. The van der Waals surface area contributed by atoms with E-state index >= 15 is 0 Å². The van der Waals surface area contributed by atoms with Crippen LogP contribution in [-0.4, -0.2) is 9.52 Å². The summed E-state index contributed by atoms with van der Waals surface area (Å²) in [5.41, 5.74) is 0. The summed E-state index contributed by atoms with van der Waals surface area (Å²) in [6, 6.07) is 12.5. The Morgan fingerprint density at radius 2 is 1.25 bits per heavy atom. The molecule has 0 nitrogen and oxygen atoms in total. The maximum atomic E-state index is 2.89. The van der Waals surface area contributed by atoms with Crippen molar-refractivity contribution in [2.45, 2.75) is 13.1 Å². The van der Waals surface area contributed by atoms with Gasteiger partial charge in [0.1, 0.15) is 0 Å². The van der Waals surface area contributed by atoms with Crippen LogP contribution < -0.4 is 24.8 Å². The van der Waals surface area contributed by atoms with Gasteiger partial charge in [0.15, 0.2) is 0 Å². The van der Waals surface area contributed by atoms with Crippen molar-refractivity contribution >= 4 is 9.52 Å². The van der Waals surface area contributed by atoms with E-state index in [1.165, 1.54) is 0 Å². The predicted molar refractivity (Wildman–Crippen MR) is 44.2 cm³/mol. The molecule has 0 saturated carbocycles. The van der Waals surface area contributed by atoms with E-state index in [-0.39, 0.29) is 46.5 Å². The van der Waals surface area contributed by atoms with Crippen LogP contribution >= 0.6 is 0 Å². The fourth-order valence-electron chi connectivity index (χ4n) is 0.342.